The maximum absolute atomic E-state index is 12.8. The van der Waals surface area contributed by atoms with E-state index in [9.17, 15) is 14.7 Å². The molecule has 1 aromatic carbocycles. The Balaban J connectivity index is 1.69. The number of hydrogen-bond acceptors (Lipinski definition) is 11. The van der Waals surface area contributed by atoms with Gasteiger partial charge in [0.05, 0.1) is 17.8 Å². The van der Waals surface area contributed by atoms with Crippen molar-refractivity contribution in [2.75, 3.05) is 31.4 Å². The van der Waals surface area contributed by atoms with Gasteiger partial charge in [0, 0.05) is 24.3 Å². The SMILES string of the molecule is COCCOc1c(-c2c(O)cccc2Cl)cc(C(=O)Nc2nnc(-n3nccc3N)s2)oc1=O. The van der Waals surface area contributed by atoms with Crippen LogP contribution in [0.15, 0.2) is 45.7 Å². The largest absolute Gasteiger partial charge is 0.507 e. The molecule has 0 spiro atoms. The van der Waals surface area contributed by atoms with Gasteiger partial charge in [0.15, 0.2) is 5.76 Å². The lowest BCUT2D eigenvalue weighted by Crippen LogP contribution is -2.18. The number of hydrogen-bond donors (Lipinski definition) is 3. The lowest BCUT2D eigenvalue weighted by atomic mass is 10.0. The number of methoxy groups -OCH3 is 1. The number of aromatic nitrogens is 4. The van der Waals surface area contributed by atoms with Gasteiger partial charge in [0.2, 0.25) is 16.0 Å². The highest BCUT2D eigenvalue weighted by molar-refractivity contribution is 7.17. The molecule has 4 rings (SSSR count). The minimum atomic E-state index is -0.944. The van der Waals surface area contributed by atoms with E-state index in [4.69, 9.17) is 31.2 Å². The molecule has 0 saturated carbocycles. The molecule has 3 aromatic heterocycles. The minimum Gasteiger partial charge on any atom is -0.507 e. The molecule has 176 valence electrons. The van der Waals surface area contributed by atoms with Gasteiger partial charge in [-0.25, -0.2) is 4.79 Å². The van der Waals surface area contributed by atoms with Gasteiger partial charge in [-0.15, -0.1) is 10.2 Å². The average Bonchev–Trinajstić information content (AvgIpc) is 3.43. The highest BCUT2D eigenvalue weighted by atomic mass is 35.5. The molecular formula is C20H17ClN6O6S. The molecule has 1 amide bonds. The van der Waals surface area contributed by atoms with E-state index in [0.717, 1.165) is 11.3 Å². The average molecular weight is 505 g/mol. The molecule has 34 heavy (non-hydrogen) atoms. The van der Waals surface area contributed by atoms with Crippen molar-refractivity contribution in [3.05, 3.63) is 57.7 Å². The Morgan fingerprint density at radius 3 is 2.85 bits per heavy atom. The quantitative estimate of drug-likeness (QED) is 0.303. The number of amides is 1. The molecule has 3 heterocycles. The summed E-state index contributed by atoms with van der Waals surface area (Å²) in [5, 5.41) is 25.3. The molecule has 0 saturated heterocycles. The normalized spacial score (nSPS) is 10.9. The fourth-order valence-corrected chi connectivity index (χ4v) is 3.90. The molecule has 0 unspecified atom stereocenters. The third kappa shape index (κ3) is 4.71. The number of nitrogens with two attached hydrogens (primary N) is 1. The van der Waals surface area contributed by atoms with Crippen LogP contribution < -0.4 is 21.4 Å². The van der Waals surface area contributed by atoms with E-state index >= 15 is 0 Å². The number of phenols is 1. The first kappa shape index (κ1) is 23.2. The van der Waals surface area contributed by atoms with Crippen molar-refractivity contribution in [3.63, 3.8) is 0 Å². The smallest absolute Gasteiger partial charge is 0.379 e. The number of nitrogen functional groups attached to an aromatic ring is 1. The van der Waals surface area contributed by atoms with Crippen LogP contribution in [0, 0.1) is 0 Å². The zero-order valence-corrected chi connectivity index (χ0v) is 19.1. The number of carbonyl (C=O) groups excluding carboxylic acids is 1. The van der Waals surface area contributed by atoms with Gasteiger partial charge >= 0.3 is 5.63 Å². The van der Waals surface area contributed by atoms with Crippen molar-refractivity contribution < 1.29 is 23.8 Å². The Labute approximate surface area is 200 Å². The molecule has 0 aliphatic carbocycles. The molecule has 12 nitrogen and oxygen atoms in total. The summed E-state index contributed by atoms with van der Waals surface area (Å²) in [5.41, 5.74) is 5.03. The van der Waals surface area contributed by atoms with E-state index in [1.165, 1.54) is 42.3 Å². The first-order chi connectivity index (χ1) is 16.4. The molecule has 4 aromatic rings. The Kier molecular flexibility index (Phi) is 6.77. The standard InChI is InChI=1S/C20H17ClN6O6S/c1-31-7-8-32-16-10(15-11(21)3-2-4-12(15)28)9-13(33-18(16)30)17(29)24-19-25-26-20(34-19)27-14(22)5-6-23-27/h2-6,9,28H,7-8,22H2,1H3,(H,24,25,29). The lowest BCUT2D eigenvalue weighted by molar-refractivity contribution is 0.0990. The first-order valence-corrected chi connectivity index (χ1v) is 10.8. The number of nitrogens with zero attached hydrogens (tertiary/aromatic N) is 4. The van der Waals surface area contributed by atoms with Crippen molar-refractivity contribution in [1.29, 1.82) is 0 Å². The van der Waals surface area contributed by atoms with E-state index in [0.29, 0.717) is 10.9 Å². The molecule has 4 N–H and O–H groups in total. The van der Waals surface area contributed by atoms with Crippen molar-refractivity contribution >= 4 is 39.8 Å². The monoisotopic (exact) mass is 504 g/mol. The molecule has 14 heteroatoms. The summed E-state index contributed by atoms with van der Waals surface area (Å²) in [6.07, 6.45) is 1.49. The van der Waals surface area contributed by atoms with Crippen LogP contribution in [0.2, 0.25) is 5.02 Å². The summed E-state index contributed by atoms with van der Waals surface area (Å²) >= 11 is 7.27. The van der Waals surface area contributed by atoms with E-state index in [2.05, 4.69) is 20.6 Å². The Hall–Kier alpha value is -3.94. The molecule has 0 aliphatic rings. The van der Waals surface area contributed by atoms with E-state index in [1.54, 1.807) is 6.07 Å². The third-order valence-electron chi connectivity index (χ3n) is 4.41. The number of ether oxygens (including phenoxy) is 2. The molecule has 0 fully saturated rings. The van der Waals surface area contributed by atoms with E-state index < -0.39 is 11.5 Å². The minimum absolute atomic E-state index is 0.0230. The third-order valence-corrected chi connectivity index (χ3v) is 5.54. The summed E-state index contributed by atoms with van der Waals surface area (Å²) in [6, 6.07) is 7.26. The van der Waals surface area contributed by atoms with Gasteiger partial charge in [0.25, 0.3) is 5.91 Å². The number of nitrogens with one attached hydrogen (secondary N) is 1. The van der Waals surface area contributed by atoms with Crippen molar-refractivity contribution in [1.82, 2.24) is 20.0 Å². The van der Waals surface area contributed by atoms with Gasteiger partial charge in [0.1, 0.15) is 18.2 Å². The topological polar surface area (TPSA) is 168 Å². The Morgan fingerprint density at radius 1 is 1.32 bits per heavy atom. The number of anilines is 2. The summed E-state index contributed by atoms with van der Waals surface area (Å²) < 4.78 is 17.0. The summed E-state index contributed by atoms with van der Waals surface area (Å²) in [5.74, 6) is -1.26. The zero-order chi connectivity index (χ0) is 24.2. The molecule has 0 bridgehead atoms. The molecule has 0 atom stereocenters. The zero-order valence-electron chi connectivity index (χ0n) is 17.5. The van der Waals surface area contributed by atoms with Crippen LogP contribution in [-0.4, -0.2) is 51.3 Å². The first-order valence-electron chi connectivity index (χ1n) is 9.61. The lowest BCUT2D eigenvalue weighted by Gasteiger charge is -2.13. The maximum atomic E-state index is 12.8. The maximum Gasteiger partial charge on any atom is 0.379 e. The van der Waals surface area contributed by atoms with Gasteiger partial charge in [-0.3, -0.25) is 10.1 Å². The van der Waals surface area contributed by atoms with Crippen molar-refractivity contribution in [3.8, 4) is 27.8 Å². The highest BCUT2D eigenvalue weighted by Gasteiger charge is 2.23. The highest BCUT2D eigenvalue weighted by Crippen LogP contribution is 2.40. The second-order valence-corrected chi connectivity index (χ2v) is 7.99. The fourth-order valence-electron chi connectivity index (χ4n) is 2.91. The van der Waals surface area contributed by atoms with Gasteiger partial charge in [-0.05, 0) is 18.2 Å². The summed E-state index contributed by atoms with van der Waals surface area (Å²) in [6.45, 7) is 0.213. The van der Waals surface area contributed by atoms with Crippen LogP contribution in [0.1, 0.15) is 10.6 Å². The number of phenolic OH excluding ortho intramolecular Hbond substituents is 1. The number of aromatic hydroxyl groups is 1. The molecular weight excluding hydrogens is 488 g/mol. The van der Waals surface area contributed by atoms with Gasteiger partial charge < -0.3 is 24.7 Å². The predicted molar refractivity (Wildman–Crippen MR) is 124 cm³/mol. The second kappa shape index (κ2) is 9.91. The number of carbonyl (C=O) groups is 1. The predicted octanol–water partition coefficient (Wildman–Crippen LogP) is 2.56. The molecule has 0 aliphatic heterocycles. The Bertz CT molecular complexity index is 1380. The van der Waals surface area contributed by atoms with Crippen LogP contribution >= 0.6 is 22.9 Å². The second-order valence-electron chi connectivity index (χ2n) is 6.63. The summed E-state index contributed by atoms with van der Waals surface area (Å²) in [7, 11) is 1.47. The number of benzene rings is 1. The number of rotatable bonds is 8. The van der Waals surface area contributed by atoms with Crippen LogP contribution in [0.3, 0.4) is 0 Å². The van der Waals surface area contributed by atoms with Gasteiger partial charge in [-0.2, -0.15) is 9.78 Å². The van der Waals surface area contributed by atoms with E-state index in [-0.39, 0.29) is 51.8 Å². The van der Waals surface area contributed by atoms with Crippen LogP contribution in [-0.2, 0) is 4.74 Å². The Morgan fingerprint density at radius 2 is 2.15 bits per heavy atom. The van der Waals surface area contributed by atoms with Crippen molar-refractivity contribution in [2.45, 2.75) is 0 Å². The summed E-state index contributed by atoms with van der Waals surface area (Å²) in [4.78, 5) is 25.6. The van der Waals surface area contributed by atoms with Crippen molar-refractivity contribution in [2.24, 2.45) is 0 Å². The van der Waals surface area contributed by atoms with Crippen LogP contribution in [0.5, 0.6) is 11.5 Å². The van der Waals surface area contributed by atoms with Crippen LogP contribution in [0.4, 0.5) is 10.9 Å². The van der Waals surface area contributed by atoms with Crippen LogP contribution in [0.25, 0.3) is 16.3 Å². The molecule has 0 radical (unpaired) electrons. The van der Waals surface area contributed by atoms with Gasteiger partial charge in [-0.1, -0.05) is 29.0 Å². The fraction of sp³-hybridized carbons (Fsp3) is 0.150. The van der Waals surface area contributed by atoms with E-state index in [1.807, 2.05) is 0 Å². The number of halogens is 1.